The maximum Gasteiger partial charge on any atom is 0.297 e. The van der Waals surface area contributed by atoms with Crippen molar-refractivity contribution in [2.24, 2.45) is 12.0 Å². The second kappa shape index (κ2) is 6.78. The minimum atomic E-state index is -0.246. The van der Waals surface area contributed by atoms with Gasteiger partial charge >= 0.3 is 0 Å². The largest absolute Gasteiger partial charge is 0.506 e. The molecule has 3 rings (SSSR count). The van der Waals surface area contributed by atoms with Gasteiger partial charge in [0.1, 0.15) is 5.75 Å². The van der Waals surface area contributed by atoms with Gasteiger partial charge in [-0.15, -0.1) is 0 Å². The van der Waals surface area contributed by atoms with Crippen LogP contribution in [0.5, 0.6) is 5.75 Å². The Labute approximate surface area is 154 Å². The summed E-state index contributed by atoms with van der Waals surface area (Å²) in [5.41, 5.74) is 1.93. The summed E-state index contributed by atoms with van der Waals surface area (Å²) >= 11 is 12.0. The molecule has 2 aromatic carbocycles. The molecule has 7 heteroatoms. The van der Waals surface area contributed by atoms with Gasteiger partial charge in [-0.2, -0.15) is 0 Å². The number of hydrogen-bond acceptors (Lipinski definition) is 3. The summed E-state index contributed by atoms with van der Waals surface area (Å²) in [4.78, 5) is 17.1. The van der Waals surface area contributed by atoms with Gasteiger partial charge in [0.15, 0.2) is 5.69 Å². The Morgan fingerprint density at radius 2 is 1.84 bits per heavy atom. The number of halogens is 2. The SMILES string of the molecule is Cc1c(N=Cc2cc(Cl)cc(O)c2Cl)c(=O)n(-c2ccccc2)n1C. The molecular formula is C18H15Cl2N3O2. The van der Waals surface area contributed by atoms with Crippen molar-refractivity contribution in [1.29, 1.82) is 0 Å². The maximum absolute atomic E-state index is 12.8. The highest BCUT2D eigenvalue weighted by Gasteiger charge is 2.15. The standard InChI is InChI=1S/C18H15Cl2N3O2/c1-11-17(21-10-12-8-13(19)9-15(24)16(12)20)18(25)23(22(11)2)14-6-4-3-5-7-14/h3-10,24H,1-2H3. The van der Waals surface area contributed by atoms with Crippen molar-refractivity contribution >= 4 is 35.1 Å². The van der Waals surface area contributed by atoms with Crippen molar-refractivity contribution in [3.63, 3.8) is 0 Å². The van der Waals surface area contributed by atoms with Crippen molar-refractivity contribution in [2.75, 3.05) is 0 Å². The highest BCUT2D eigenvalue weighted by Crippen LogP contribution is 2.30. The fraction of sp³-hybridized carbons (Fsp3) is 0.111. The predicted octanol–water partition coefficient (Wildman–Crippen LogP) is 4.25. The van der Waals surface area contributed by atoms with E-state index in [-0.39, 0.29) is 16.3 Å². The topological polar surface area (TPSA) is 59.5 Å². The molecule has 0 saturated carbocycles. The van der Waals surface area contributed by atoms with Crippen LogP contribution in [-0.2, 0) is 7.05 Å². The number of hydrogen-bond donors (Lipinski definition) is 1. The quantitative estimate of drug-likeness (QED) is 0.695. The van der Waals surface area contributed by atoms with Crippen LogP contribution in [0.3, 0.4) is 0 Å². The Balaban J connectivity index is 2.10. The third kappa shape index (κ3) is 3.21. The molecule has 0 aliphatic heterocycles. The average molecular weight is 376 g/mol. The minimum Gasteiger partial charge on any atom is -0.506 e. The van der Waals surface area contributed by atoms with Crippen molar-refractivity contribution in [2.45, 2.75) is 6.92 Å². The lowest BCUT2D eigenvalue weighted by Gasteiger charge is -2.07. The Morgan fingerprint density at radius 3 is 2.52 bits per heavy atom. The number of aliphatic imine (C=N–C) groups is 1. The molecule has 0 spiro atoms. The molecule has 0 saturated heterocycles. The van der Waals surface area contributed by atoms with E-state index in [1.807, 2.05) is 37.3 Å². The van der Waals surface area contributed by atoms with Crippen LogP contribution in [0.1, 0.15) is 11.3 Å². The molecule has 1 N–H and O–H groups in total. The van der Waals surface area contributed by atoms with Crippen LogP contribution in [0.15, 0.2) is 52.3 Å². The number of phenolic OH excluding ortho intramolecular Hbond substituents is 1. The Morgan fingerprint density at radius 1 is 1.16 bits per heavy atom. The summed E-state index contributed by atoms with van der Waals surface area (Å²) < 4.78 is 3.28. The smallest absolute Gasteiger partial charge is 0.297 e. The van der Waals surface area contributed by atoms with Crippen LogP contribution in [0.2, 0.25) is 10.0 Å². The van der Waals surface area contributed by atoms with Crippen LogP contribution < -0.4 is 5.56 Å². The molecule has 0 bridgehead atoms. The molecule has 0 fully saturated rings. The first kappa shape index (κ1) is 17.3. The summed E-state index contributed by atoms with van der Waals surface area (Å²) in [6, 6.07) is 12.2. The van der Waals surface area contributed by atoms with Crippen LogP contribution >= 0.6 is 23.2 Å². The first-order valence-corrected chi connectivity index (χ1v) is 8.22. The van der Waals surface area contributed by atoms with Crippen molar-refractivity contribution in [1.82, 2.24) is 9.36 Å². The monoisotopic (exact) mass is 375 g/mol. The fourth-order valence-corrected chi connectivity index (χ4v) is 2.91. The lowest BCUT2D eigenvalue weighted by atomic mass is 10.2. The normalized spacial score (nSPS) is 11.4. The zero-order valence-electron chi connectivity index (χ0n) is 13.6. The van der Waals surface area contributed by atoms with E-state index in [2.05, 4.69) is 4.99 Å². The van der Waals surface area contributed by atoms with Gasteiger partial charge in [-0.05, 0) is 25.1 Å². The van der Waals surface area contributed by atoms with E-state index in [4.69, 9.17) is 23.2 Å². The Kier molecular flexibility index (Phi) is 4.70. The van der Waals surface area contributed by atoms with Crippen molar-refractivity contribution in [3.8, 4) is 11.4 Å². The molecule has 1 aromatic heterocycles. The number of phenols is 1. The molecule has 0 aliphatic carbocycles. The highest BCUT2D eigenvalue weighted by molar-refractivity contribution is 6.36. The number of para-hydroxylation sites is 1. The summed E-state index contributed by atoms with van der Waals surface area (Å²) in [5, 5.41) is 10.2. The summed E-state index contributed by atoms with van der Waals surface area (Å²) in [6.07, 6.45) is 1.42. The third-order valence-electron chi connectivity index (χ3n) is 3.90. The minimum absolute atomic E-state index is 0.130. The van der Waals surface area contributed by atoms with Gasteiger partial charge in [-0.1, -0.05) is 41.4 Å². The fourth-order valence-electron chi connectivity index (χ4n) is 2.53. The molecule has 3 aromatic rings. The third-order valence-corrected chi connectivity index (χ3v) is 4.53. The Hall–Kier alpha value is -2.50. The first-order valence-electron chi connectivity index (χ1n) is 7.46. The number of aromatic hydroxyl groups is 1. The maximum atomic E-state index is 12.8. The zero-order chi connectivity index (χ0) is 18.1. The van der Waals surface area contributed by atoms with Gasteiger partial charge in [0.25, 0.3) is 5.56 Å². The van der Waals surface area contributed by atoms with Gasteiger partial charge in [0.05, 0.1) is 16.4 Å². The van der Waals surface area contributed by atoms with E-state index in [0.29, 0.717) is 22.0 Å². The Bertz CT molecular complexity index is 1020. The van der Waals surface area contributed by atoms with E-state index in [9.17, 15) is 9.90 Å². The summed E-state index contributed by atoms with van der Waals surface area (Å²) in [7, 11) is 1.79. The summed E-state index contributed by atoms with van der Waals surface area (Å²) in [5.74, 6) is -0.137. The van der Waals surface area contributed by atoms with Crippen LogP contribution in [-0.4, -0.2) is 20.7 Å². The summed E-state index contributed by atoms with van der Waals surface area (Å²) in [6.45, 7) is 1.81. The molecule has 0 unspecified atom stereocenters. The number of benzene rings is 2. The first-order chi connectivity index (χ1) is 11.9. The van der Waals surface area contributed by atoms with Crippen molar-refractivity contribution in [3.05, 3.63) is 74.1 Å². The predicted molar refractivity (Wildman–Crippen MR) is 101 cm³/mol. The second-order valence-electron chi connectivity index (χ2n) is 5.50. The van der Waals surface area contributed by atoms with E-state index in [1.165, 1.54) is 12.3 Å². The molecule has 128 valence electrons. The second-order valence-corrected chi connectivity index (χ2v) is 6.31. The van der Waals surface area contributed by atoms with E-state index < -0.39 is 0 Å². The molecule has 0 atom stereocenters. The lowest BCUT2D eigenvalue weighted by Crippen LogP contribution is -2.19. The van der Waals surface area contributed by atoms with Crippen LogP contribution in [0, 0.1) is 6.92 Å². The van der Waals surface area contributed by atoms with E-state index in [0.717, 1.165) is 5.69 Å². The molecule has 25 heavy (non-hydrogen) atoms. The molecule has 0 radical (unpaired) electrons. The van der Waals surface area contributed by atoms with Gasteiger partial charge in [-0.25, -0.2) is 9.67 Å². The number of aromatic nitrogens is 2. The highest BCUT2D eigenvalue weighted by atomic mass is 35.5. The van der Waals surface area contributed by atoms with Gasteiger partial charge in [-0.3, -0.25) is 9.48 Å². The molecular weight excluding hydrogens is 361 g/mol. The van der Waals surface area contributed by atoms with Gasteiger partial charge in [0, 0.05) is 29.9 Å². The van der Waals surface area contributed by atoms with Crippen molar-refractivity contribution < 1.29 is 5.11 Å². The lowest BCUT2D eigenvalue weighted by molar-refractivity contribution is 0.475. The molecule has 0 aliphatic rings. The van der Waals surface area contributed by atoms with Crippen LogP contribution in [0.25, 0.3) is 5.69 Å². The van der Waals surface area contributed by atoms with Gasteiger partial charge in [0.2, 0.25) is 0 Å². The molecule has 5 nitrogen and oxygen atoms in total. The molecule has 1 heterocycles. The van der Waals surface area contributed by atoms with E-state index >= 15 is 0 Å². The number of rotatable bonds is 3. The van der Waals surface area contributed by atoms with Crippen LogP contribution in [0.4, 0.5) is 5.69 Å². The molecule has 0 amide bonds. The zero-order valence-corrected chi connectivity index (χ0v) is 15.1. The van der Waals surface area contributed by atoms with Gasteiger partial charge < -0.3 is 5.11 Å². The van der Waals surface area contributed by atoms with E-state index in [1.54, 1.807) is 22.5 Å². The average Bonchev–Trinajstić information content (AvgIpc) is 2.80. The number of nitrogens with zero attached hydrogens (tertiary/aromatic N) is 3.